The second-order valence-electron chi connectivity index (χ2n) is 7.08. The topological polar surface area (TPSA) is 3.24 Å². The van der Waals surface area contributed by atoms with Gasteiger partial charge in [0.2, 0.25) is 0 Å². The molecule has 2 nitrogen and oxygen atoms in total. The van der Waals surface area contributed by atoms with Gasteiger partial charge in [0, 0.05) is 11.4 Å². The molecule has 0 heterocycles. The van der Waals surface area contributed by atoms with E-state index in [1.165, 1.54) is 11.4 Å². The second-order valence-corrected chi connectivity index (χ2v) is 7.08. The third-order valence-electron chi connectivity index (χ3n) is 5.30. The molecule has 0 aliphatic heterocycles. The largest absolute Gasteiger partial charge is 0.336 e. The number of likely N-dealkylation sites (N-methyl/N-ethyl adjacent to an activating group) is 1. The predicted octanol–water partition coefficient (Wildman–Crippen LogP) is 5.09. The van der Waals surface area contributed by atoms with Crippen LogP contribution in [0, 0.1) is 0 Å². The monoisotopic (exact) mass is 311 g/mol. The van der Waals surface area contributed by atoms with Crippen molar-refractivity contribution in [1.82, 2.24) is 0 Å². The summed E-state index contributed by atoms with van der Waals surface area (Å²) in [5.74, 6) is 0. The van der Waals surface area contributed by atoms with Crippen molar-refractivity contribution >= 4 is 11.4 Å². The molecule has 0 aromatic heterocycles. The van der Waals surface area contributed by atoms with Gasteiger partial charge in [0.05, 0.1) is 32.2 Å². The van der Waals surface area contributed by atoms with Gasteiger partial charge in [-0.1, -0.05) is 36.4 Å². The Balaban J connectivity index is 2.26. The van der Waals surface area contributed by atoms with Crippen molar-refractivity contribution in [3.8, 4) is 0 Å². The highest BCUT2D eigenvalue weighted by atomic mass is 15.4. The smallest absolute Gasteiger partial charge is 0.0970 e. The van der Waals surface area contributed by atoms with Gasteiger partial charge in [-0.05, 0) is 52.0 Å². The van der Waals surface area contributed by atoms with E-state index in [2.05, 4.69) is 100 Å². The van der Waals surface area contributed by atoms with E-state index in [4.69, 9.17) is 0 Å². The third-order valence-corrected chi connectivity index (χ3v) is 5.30. The lowest BCUT2D eigenvalue weighted by atomic mass is 10.1. The highest BCUT2D eigenvalue weighted by Crippen LogP contribution is 2.26. The van der Waals surface area contributed by atoms with Crippen molar-refractivity contribution in [2.45, 2.75) is 39.8 Å². The maximum Gasteiger partial charge on any atom is 0.0970 e. The van der Waals surface area contributed by atoms with E-state index in [-0.39, 0.29) is 0 Å². The SMILES string of the molecule is CC(C)[N+](C)(CCN(c1ccccc1)c1ccccc1)C(C)C. The van der Waals surface area contributed by atoms with E-state index in [0.717, 1.165) is 17.6 Å². The molecule has 2 aromatic rings. The Kier molecular flexibility index (Phi) is 5.84. The van der Waals surface area contributed by atoms with Crippen molar-refractivity contribution < 1.29 is 4.48 Å². The average Bonchev–Trinajstić information content (AvgIpc) is 2.56. The molecule has 23 heavy (non-hydrogen) atoms. The minimum atomic E-state index is 0.614. The summed E-state index contributed by atoms with van der Waals surface area (Å²) in [5.41, 5.74) is 2.52. The van der Waals surface area contributed by atoms with E-state index in [1.54, 1.807) is 0 Å². The van der Waals surface area contributed by atoms with Crippen LogP contribution >= 0.6 is 0 Å². The summed E-state index contributed by atoms with van der Waals surface area (Å²) in [6.45, 7) is 11.5. The van der Waals surface area contributed by atoms with Gasteiger partial charge in [-0.3, -0.25) is 0 Å². The van der Waals surface area contributed by atoms with Gasteiger partial charge in [-0.15, -0.1) is 0 Å². The van der Waals surface area contributed by atoms with E-state index in [9.17, 15) is 0 Å². The van der Waals surface area contributed by atoms with Gasteiger partial charge in [-0.25, -0.2) is 0 Å². The van der Waals surface area contributed by atoms with Crippen LogP contribution in [0.4, 0.5) is 11.4 Å². The molecule has 0 atom stereocenters. The molecule has 0 unspecified atom stereocenters. The van der Waals surface area contributed by atoms with Crippen LogP contribution in [0.25, 0.3) is 0 Å². The van der Waals surface area contributed by atoms with Crippen LogP contribution < -0.4 is 4.90 Å². The Hall–Kier alpha value is -1.80. The van der Waals surface area contributed by atoms with Crippen LogP contribution in [0.1, 0.15) is 27.7 Å². The van der Waals surface area contributed by atoms with E-state index in [1.807, 2.05) is 0 Å². The molecule has 0 N–H and O–H groups in total. The van der Waals surface area contributed by atoms with Gasteiger partial charge < -0.3 is 9.38 Å². The number of hydrogen-bond donors (Lipinski definition) is 0. The zero-order valence-electron chi connectivity index (χ0n) is 15.2. The van der Waals surface area contributed by atoms with Crippen molar-refractivity contribution in [1.29, 1.82) is 0 Å². The number of rotatable bonds is 7. The van der Waals surface area contributed by atoms with Crippen molar-refractivity contribution in [2.75, 3.05) is 25.0 Å². The highest BCUT2D eigenvalue weighted by Gasteiger charge is 2.30. The Labute approximate surface area is 142 Å². The molecule has 0 aliphatic carbocycles. The van der Waals surface area contributed by atoms with Gasteiger partial charge in [-0.2, -0.15) is 0 Å². The molecule has 0 saturated heterocycles. The van der Waals surface area contributed by atoms with E-state index >= 15 is 0 Å². The van der Waals surface area contributed by atoms with Crippen LogP contribution in [0.5, 0.6) is 0 Å². The molecule has 0 amide bonds. The fourth-order valence-electron chi connectivity index (χ4n) is 3.05. The molecule has 2 aromatic carbocycles. The van der Waals surface area contributed by atoms with Gasteiger partial charge in [0.15, 0.2) is 0 Å². The quantitative estimate of drug-likeness (QED) is 0.644. The molecule has 0 radical (unpaired) electrons. The summed E-state index contributed by atoms with van der Waals surface area (Å²) in [6, 6.07) is 22.6. The first kappa shape index (κ1) is 17.6. The Morgan fingerprint density at radius 2 is 1.13 bits per heavy atom. The van der Waals surface area contributed by atoms with Gasteiger partial charge in [0.25, 0.3) is 0 Å². The zero-order valence-corrected chi connectivity index (χ0v) is 15.2. The molecule has 2 rings (SSSR count). The molecule has 0 fully saturated rings. The number of hydrogen-bond acceptors (Lipinski definition) is 1. The molecule has 0 spiro atoms. The molecule has 0 aliphatic rings. The normalized spacial score (nSPS) is 12.0. The number of quaternary nitrogens is 1. The Morgan fingerprint density at radius 3 is 1.48 bits per heavy atom. The average molecular weight is 311 g/mol. The summed E-state index contributed by atoms with van der Waals surface area (Å²) in [6.07, 6.45) is 0. The lowest BCUT2D eigenvalue weighted by Gasteiger charge is -2.43. The number of para-hydroxylation sites is 2. The van der Waals surface area contributed by atoms with Crippen molar-refractivity contribution in [3.05, 3.63) is 60.7 Å². The lowest BCUT2D eigenvalue weighted by molar-refractivity contribution is -0.947. The van der Waals surface area contributed by atoms with Crippen LogP contribution in [0.15, 0.2) is 60.7 Å². The van der Waals surface area contributed by atoms with E-state index in [0.29, 0.717) is 12.1 Å². The first-order valence-electron chi connectivity index (χ1n) is 8.67. The molecular formula is C21H31N2+. The number of anilines is 2. The summed E-state index contributed by atoms with van der Waals surface area (Å²) in [4.78, 5) is 2.43. The van der Waals surface area contributed by atoms with Crippen molar-refractivity contribution in [2.24, 2.45) is 0 Å². The van der Waals surface area contributed by atoms with Gasteiger partial charge >= 0.3 is 0 Å². The van der Waals surface area contributed by atoms with Crippen LogP contribution in [-0.2, 0) is 0 Å². The molecule has 0 bridgehead atoms. The molecule has 2 heteroatoms. The van der Waals surface area contributed by atoms with Crippen LogP contribution in [0.2, 0.25) is 0 Å². The summed E-state index contributed by atoms with van der Waals surface area (Å²) < 4.78 is 1.08. The van der Waals surface area contributed by atoms with Crippen molar-refractivity contribution in [3.63, 3.8) is 0 Å². The van der Waals surface area contributed by atoms with E-state index < -0.39 is 0 Å². The zero-order chi connectivity index (χ0) is 16.9. The fraction of sp³-hybridized carbons (Fsp3) is 0.429. The lowest BCUT2D eigenvalue weighted by Crippen LogP contribution is -2.57. The summed E-state index contributed by atoms with van der Waals surface area (Å²) in [5, 5.41) is 0. The minimum absolute atomic E-state index is 0.614. The third kappa shape index (κ3) is 4.14. The predicted molar refractivity (Wildman–Crippen MR) is 101 cm³/mol. The van der Waals surface area contributed by atoms with Crippen LogP contribution in [0.3, 0.4) is 0 Å². The minimum Gasteiger partial charge on any atom is -0.336 e. The maximum atomic E-state index is 2.43. The Bertz CT molecular complexity index is 528. The second kappa shape index (κ2) is 7.65. The van der Waals surface area contributed by atoms with Crippen LogP contribution in [-0.4, -0.2) is 36.7 Å². The molecule has 0 saturated carbocycles. The first-order valence-corrected chi connectivity index (χ1v) is 8.67. The highest BCUT2D eigenvalue weighted by molar-refractivity contribution is 5.62. The summed E-state index contributed by atoms with van der Waals surface area (Å²) in [7, 11) is 2.38. The van der Waals surface area contributed by atoms with Gasteiger partial charge in [0.1, 0.15) is 0 Å². The number of benzene rings is 2. The Morgan fingerprint density at radius 1 is 0.739 bits per heavy atom. The number of nitrogens with zero attached hydrogens (tertiary/aromatic N) is 2. The fourth-order valence-corrected chi connectivity index (χ4v) is 3.05. The standard InChI is InChI=1S/C21H31N2/c1-18(2)23(5,19(3)4)17-16-22(20-12-8-6-9-13-20)21-14-10-7-11-15-21/h6-15,18-19H,16-17H2,1-5H3/q+1. The molecular weight excluding hydrogens is 280 g/mol. The maximum absolute atomic E-state index is 2.43. The first-order chi connectivity index (χ1) is 10.9. The summed E-state index contributed by atoms with van der Waals surface area (Å²) >= 11 is 0. The molecule has 124 valence electrons.